The molecule has 4 rings (SSSR count). The first-order valence-electron chi connectivity index (χ1n) is 10.8. The number of carbonyl (C=O) groups is 1. The van der Waals surface area contributed by atoms with Gasteiger partial charge in [0.1, 0.15) is 5.82 Å². The maximum Gasteiger partial charge on any atom is 0.233 e. The highest BCUT2D eigenvalue weighted by Gasteiger charge is 2.31. The number of aromatic nitrogens is 1. The van der Waals surface area contributed by atoms with Crippen molar-refractivity contribution in [2.45, 2.75) is 56.7 Å². The summed E-state index contributed by atoms with van der Waals surface area (Å²) in [4.78, 5) is 16.6. The van der Waals surface area contributed by atoms with Crippen molar-refractivity contribution in [1.29, 1.82) is 0 Å². The molecule has 31 heavy (non-hydrogen) atoms. The average Bonchev–Trinajstić information content (AvgIpc) is 3.46. The number of rotatable bonds is 7. The third-order valence-corrected chi connectivity index (χ3v) is 6.78. The zero-order valence-corrected chi connectivity index (χ0v) is 18.3. The van der Waals surface area contributed by atoms with Gasteiger partial charge in [-0.25, -0.2) is 9.37 Å². The highest BCUT2D eigenvalue weighted by Crippen LogP contribution is 2.30. The fourth-order valence-corrected chi connectivity index (χ4v) is 4.97. The Kier molecular flexibility index (Phi) is 6.95. The van der Waals surface area contributed by atoms with Crippen LogP contribution >= 0.6 is 11.3 Å². The SMILES string of the molecule is CC(C(=O)NC1=CCC(C[C@@H]2CC[C@H]([C@H](O)c3cccc(F)c3)N2)C=C1)c1cscn1. The number of hydrogen-bond acceptors (Lipinski definition) is 5. The fourth-order valence-electron chi connectivity index (χ4n) is 4.33. The normalized spacial score (nSPS) is 25.1. The van der Waals surface area contributed by atoms with Gasteiger partial charge in [-0.15, -0.1) is 11.3 Å². The predicted octanol–water partition coefficient (Wildman–Crippen LogP) is 4.21. The minimum Gasteiger partial charge on any atom is -0.387 e. The third-order valence-electron chi connectivity index (χ3n) is 6.18. The summed E-state index contributed by atoms with van der Waals surface area (Å²) < 4.78 is 13.5. The number of aliphatic hydroxyl groups is 1. The molecule has 7 heteroatoms. The molecule has 1 aliphatic heterocycles. The van der Waals surface area contributed by atoms with Gasteiger partial charge in [-0.3, -0.25) is 4.79 Å². The molecule has 1 aromatic carbocycles. The van der Waals surface area contributed by atoms with Gasteiger partial charge in [0, 0.05) is 23.2 Å². The number of benzene rings is 1. The summed E-state index contributed by atoms with van der Waals surface area (Å²) in [5.74, 6) is -0.262. The van der Waals surface area contributed by atoms with Gasteiger partial charge in [0.05, 0.1) is 23.2 Å². The molecule has 1 fully saturated rings. The Balaban J connectivity index is 1.24. The van der Waals surface area contributed by atoms with E-state index in [4.69, 9.17) is 0 Å². The fraction of sp³-hybridized carbons (Fsp3) is 0.417. The number of amides is 1. The van der Waals surface area contributed by atoms with Crippen LogP contribution in [0.2, 0.25) is 0 Å². The molecule has 0 radical (unpaired) electrons. The number of allylic oxidation sites excluding steroid dienone is 3. The molecule has 164 valence electrons. The van der Waals surface area contributed by atoms with Crippen LogP contribution in [0, 0.1) is 11.7 Å². The lowest BCUT2D eigenvalue weighted by Crippen LogP contribution is -2.35. The summed E-state index contributed by atoms with van der Waals surface area (Å²) in [6, 6.07) is 6.45. The van der Waals surface area contributed by atoms with Gasteiger partial charge in [-0.2, -0.15) is 0 Å². The number of halogens is 1. The third kappa shape index (κ3) is 5.47. The second-order valence-electron chi connectivity index (χ2n) is 8.42. The smallest absolute Gasteiger partial charge is 0.233 e. The first-order chi connectivity index (χ1) is 15.0. The average molecular weight is 442 g/mol. The van der Waals surface area contributed by atoms with Crippen LogP contribution in [0.15, 0.2) is 59.1 Å². The van der Waals surface area contributed by atoms with Crippen molar-refractivity contribution >= 4 is 17.2 Å². The topological polar surface area (TPSA) is 74.2 Å². The van der Waals surface area contributed by atoms with E-state index in [-0.39, 0.29) is 23.7 Å². The molecule has 2 unspecified atom stereocenters. The van der Waals surface area contributed by atoms with E-state index in [9.17, 15) is 14.3 Å². The van der Waals surface area contributed by atoms with Gasteiger partial charge in [-0.05, 0) is 62.3 Å². The van der Waals surface area contributed by atoms with Gasteiger partial charge in [0.2, 0.25) is 5.91 Å². The van der Waals surface area contributed by atoms with E-state index in [0.29, 0.717) is 17.5 Å². The zero-order valence-electron chi connectivity index (χ0n) is 17.5. The highest BCUT2D eigenvalue weighted by atomic mass is 32.1. The van der Waals surface area contributed by atoms with Crippen LogP contribution in [0.25, 0.3) is 0 Å². The number of aliphatic hydroxyl groups excluding tert-OH is 1. The first-order valence-corrected chi connectivity index (χ1v) is 11.7. The molecular formula is C24H28FN3O2S. The van der Waals surface area contributed by atoms with Crippen LogP contribution in [0.5, 0.6) is 0 Å². The van der Waals surface area contributed by atoms with Crippen molar-refractivity contribution < 1.29 is 14.3 Å². The van der Waals surface area contributed by atoms with Crippen molar-refractivity contribution in [2.24, 2.45) is 5.92 Å². The van der Waals surface area contributed by atoms with E-state index in [1.807, 2.05) is 18.4 Å². The predicted molar refractivity (Wildman–Crippen MR) is 120 cm³/mol. The van der Waals surface area contributed by atoms with Gasteiger partial charge in [0.15, 0.2) is 0 Å². The molecule has 0 bridgehead atoms. The standard InChI is InChI=1S/C24H28FN3O2S/c1-15(22-13-31-14-26-22)24(30)28-19-7-5-16(6-8-19)11-20-9-10-21(27-20)23(29)17-3-2-4-18(25)12-17/h2-5,7-8,12-16,20-21,23,27,29H,6,9-11H2,1H3,(H,28,30)/t15?,16?,20-,21+,23+/m0/s1. The Morgan fingerprint density at radius 2 is 2.29 bits per heavy atom. The lowest BCUT2D eigenvalue weighted by atomic mass is 9.91. The number of nitrogens with one attached hydrogen (secondary N) is 2. The van der Waals surface area contributed by atoms with Crippen molar-refractivity contribution in [3.05, 3.63) is 76.2 Å². The molecule has 1 amide bonds. The van der Waals surface area contributed by atoms with Crippen LogP contribution in [0.3, 0.4) is 0 Å². The lowest BCUT2D eigenvalue weighted by molar-refractivity contribution is -0.121. The molecular weight excluding hydrogens is 413 g/mol. The van der Waals surface area contributed by atoms with Gasteiger partial charge >= 0.3 is 0 Å². The van der Waals surface area contributed by atoms with E-state index in [1.54, 1.807) is 17.6 Å². The van der Waals surface area contributed by atoms with Crippen molar-refractivity contribution in [2.75, 3.05) is 0 Å². The molecule has 1 aliphatic carbocycles. The molecule has 2 heterocycles. The Morgan fingerprint density at radius 1 is 1.42 bits per heavy atom. The molecule has 0 saturated carbocycles. The Labute approximate surface area is 186 Å². The van der Waals surface area contributed by atoms with Crippen LogP contribution in [0.4, 0.5) is 4.39 Å². The summed E-state index contributed by atoms with van der Waals surface area (Å²) in [5, 5.41) is 19.0. The quantitative estimate of drug-likeness (QED) is 0.602. The van der Waals surface area contributed by atoms with Crippen molar-refractivity contribution in [1.82, 2.24) is 15.6 Å². The second kappa shape index (κ2) is 9.85. The Morgan fingerprint density at radius 3 is 3.00 bits per heavy atom. The molecule has 0 spiro atoms. The van der Waals surface area contributed by atoms with E-state index in [1.165, 1.54) is 23.5 Å². The summed E-state index contributed by atoms with van der Waals surface area (Å²) in [7, 11) is 0. The number of hydrogen-bond donors (Lipinski definition) is 3. The number of thiazole rings is 1. The molecule has 5 atom stereocenters. The van der Waals surface area contributed by atoms with E-state index >= 15 is 0 Å². The lowest BCUT2D eigenvalue weighted by Gasteiger charge is -2.23. The number of nitrogens with zero attached hydrogens (tertiary/aromatic N) is 1. The van der Waals surface area contributed by atoms with Crippen LogP contribution in [-0.2, 0) is 4.79 Å². The Hall–Kier alpha value is -2.35. The van der Waals surface area contributed by atoms with E-state index < -0.39 is 6.10 Å². The summed E-state index contributed by atoms with van der Waals surface area (Å²) in [6.45, 7) is 1.86. The van der Waals surface area contributed by atoms with Crippen LogP contribution in [0.1, 0.15) is 55.9 Å². The number of carbonyl (C=O) groups excluding carboxylic acids is 1. The van der Waals surface area contributed by atoms with Gasteiger partial charge in [0.25, 0.3) is 0 Å². The van der Waals surface area contributed by atoms with Crippen molar-refractivity contribution in [3.8, 4) is 0 Å². The van der Waals surface area contributed by atoms with E-state index in [2.05, 4.69) is 27.8 Å². The molecule has 3 N–H and O–H groups in total. The summed E-state index contributed by atoms with van der Waals surface area (Å²) in [5.41, 5.74) is 3.98. The molecule has 5 nitrogen and oxygen atoms in total. The van der Waals surface area contributed by atoms with Crippen molar-refractivity contribution in [3.63, 3.8) is 0 Å². The minimum atomic E-state index is -0.705. The van der Waals surface area contributed by atoms with Crippen LogP contribution in [-0.4, -0.2) is 28.1 Å². The minimum absolute atomic E-state index is 0.0492. The van der Waals surface area contributed by atoms with Crippen LogP contribution < -0.4 is 10.6 Å². The Bertz CT molecular complexity index is 959. The summed E-state index contributed by atoms with van der Waals surface area (Å²) in [6.07, 6.45) is 9.19. The maximum atomic E-state index is 13.5. The first kappa shape index (κ1) is 21.9. The van der Waals surface area contributed by atoms with Gasteiger partial charge in [-0.1, -0.05) is 24.3 Å². The summed E-state index contributed by atoms with van der Waals surface area (Å²) >= 11 is 1.49. The highest BCUT2D eigenvalue weighted by molar-refractivity contribution is 7.07. The molecule has 1 saturated heterocycles. The molecule has 2 aromatic rings. The maximum absolute atomic E-state index is 13.5. The monoisotopic (exact) mass is 441 g/mol. The molecule has 1 aromatic heterocycles. The second-order valence-corrected chi connectivity index (χ2v) is 9.14. The largest absolute Gasteiger partial charge is 0.387 e. The molecule has 2 aliphatic rings. The van der Waals surface area contributed by atoms with Gasteiger partial charge < -0.3 is 15.7 Å². The zero-order chi connectivity index (χ0) is 21.8. The van der Waals surface area contributed by atoms with E-state index in [0.717, 1.165) is 37.1 Å².